The van der Waals surface area contributed by atoms with Gasteiger partial charge in [0, 0.05) is 0 Å². The maximum atomic E-state index is 13.9. The van der Waals surface area contributed by atoms with Crippen molar-refractivity contribution >= 4 is 34.1 Å². The summed E-state index contributed by atoms with van der Waals surface area (Å²) >= 11 is 1.08. The third-order valence-electron chi connectivity index (χ3n) is 7.32. The van der Waals surface area contributed by atoms with Crippen LogP contribution in [-0.2, 0) is 19.1 Å². The van der Waals surface area contributed by atoms with Gasteiger partial charge in [-0.3, -0.25) is 14.5 Å². The van der Waals surface area contributed by atoms with Gasteiger partial charge in [0.25, 0.3) is 5.91 Å². The van der Waals surface area contributed by atoms with Gasteiger partial charge >= 0.3 is 5.97 Å². The molecule has 1 aliphatic carbocycles. The number of anilines is 1. The number of aromatic nitrogens is 1. The number of fused-ring (bicyclic) bond motifs is 1. The molecular formula is C28H32N2O6S. The average Bonchev–Trinajstić information content (AvgIpc) is 3.43. The predicted molar refractivity (Wildman–Crippen MR) is 139 cm³/mol. The molecule has 196 valence electrons. The number of rotatable bonds is 8. The highest BCUT2D eigenvalue weighted by molar-refractivity contribution is 7.17. The molecule has 5 rings (SSSR count). The van der Waals surface area contributed by atoms with Crippen molar-refractivity contribution < 1.29 is 28.6 Å². The van der Waals surface area contributed by atoms with Crippen LogP contribution in [0, 0.1) is 12.8 Å². The number of esters is 1. The molecule has 37 heavy (non-hydrogen) atoms. The molecule has 0 N–H and O–H groups in total. The van der Waals surface area contributed by atoms with Gasteiger partial charge in [0.15, 0.2) is 16.7 Å². The van der Waals surface area contributed by atoms with Gasteiger partial charge in [-0.05, 0) is 50.3 Å². The van der Waals surface area contributed by atoms with Crippen molar-refractivity contribution in [3.8, 4) is 5.75 Å². The lowest BCUT2D eigenvalue weighted by Crippen LogP contribution is -2.39. The van der Waals surface area contributed by atoms with Gasteiger partial charge in [-0.1, -0.05) is 49.7 Å². The Labute approximate surface area is 220 Å². The van der Waals surface area contributed by atoms with Crippen LogP contribution in [0.3, 0.4) is 0 Å². The highest BCUT2D eigenvalue weighted by Gasteiger charge is 2.53. The molecule has 1 amide bonds. The first-order chi connectivity index (χ1) is 17.9. The Bertz CT molecular complexity index is 1250. The predicted octanol–water partition coefficient (Wildman–Crippen LogP) is 5.31. The minimum Gasteiger partial charge on any atom is -0.494 e. The van der Waals surface area contributed by atoms with E-state index in [-0.39, 0.29) is 23.6 Å². The highest BCUT2D eigenvalue weighted by Crippen LogP contribution is 2.49. The molecule has 1 saturated carbocycles. The molecule has 1 aromatic heterocycles. The standard InChI is InChI=1S/C28H32N2O6S/c1-4-5-8-14-35-18-11-9-10-17(15-18)22-21-23(31)19-12-6-7-13-20(19)36-24(21)26(32)30(22)28-29-16(2)25(37-28)27(33)34-3/h9-11,15,19-20,22H,4-8,12-14H2,1-3H3. The van der Waals surface area contributed by atoms with Gasteiger partial charge in [-0.15, -0.1) is 0 Å². The molecule has 1 fully saturated rings. The Hall–Kier alpha value is -3.20. The third kappa shape index (κ3) is 4.65. The summed E-state index contributed by atoms with van der Waals surface area (Å²) < 4.78 is 17.1. The van der Waals surface area contributed by atoms with E-state index in [1.807, 2.05) is 24.3 Å². The summed E-state index contributed by atoms with van der Waals surface area (Å²) in [5.74, 6) is -0.401. The molecule has 2 aromatic rings. The highest BCUT2D eigenvalue weighted by atomic mass is 32.1. The van der Waals surface area contributed by atoms with Crippen molar-refractivity contribution in [3.63, 3.8) is 0 Å². The van der Waals surface area contributed by atoms with E-state index in [2.05, 4.69) is 11.9 Å². The van der Waals surface area contributed by atoms with E-state index in [1.54, 1.807) is 6.92 Å². The second-order valence-electron chi connectivity index (χ2n) is 9.76. The second kappa shape index (κ2) is 10.7. The lowest BCUT2D eigenvalue weighted by atomic mass is 9.77. The zero-order valence-corrected chi connectivity index (χ0v) is 22.3. The molecule has 0 bridgehead atoms. The number of Topliss-reactive ketones (excluding diaryl/α,β-unsaturated/α-hetero) is 1. The topological polar surface area (TPSA) is 95.0 Å². The quantitative estimate of drug-likeness (QED) is 0.341. The van der Waals surface area contributed by atoms with Crippen LogP contribution < -0.4 is 9.64 Å². The average molecular weight is 525 g/mol. The van der Waals surface area contributed by atoms with Gasteiger partial charge in [0.2, 0.25) is 0 Å². The van der Waals surface area contributed by atoms with Crippen molar-refractivity contribution in [2.45, 2.75) is 70.9 Å². The van der Waals surface area contributed by atoms with E-state index in [1.165, 1.54) is 12.0 Å². The van der Waals surface area contributed by atoms with Crippen molar-refractivity contribution in [2.24, 2.45) is 5.92 Å². The number of carbonyl (C=O) groups is 3. The maximum Gasteiger partial charge on any atom is 0.350 e. The number of benzene rings is 1. The fraction of sp³-hybridized carbons (Fsp3) is 0.500. The monoisotopic (exact) mass is 524 g/mol. The summed E-state index contributed by atoms with van der Waals surface area (Å²) in [7, 11) is 1.31. The lowest BCUT2D eigenvalue weighted by Gasteiger charge is -2.35. The largest absolute Gasteiger partial charge is 0.494 e. The number of unbranched alkanes of at least 4 members (excludes halogenated alkanes) is 2. The fourth-order valence-electron chi connectivity index (χ4n) is 5.44. The Morgan fingerprint density at radius 1 is 1.22 bits per heavy atom. The molecule has 1 aromatic carbocycles. The molecular weight excluding hydrogens is 492 g/mol. The summed E-state index contributed by atoms with van der Waals surface area (Å²) in [4.78, 5) is 46.4. The Morgan fingerprint density at radius 2 is 2.03 bits per heavy atom. The van der Waals surface area contributed by atoms with Gasteiger partial charge in [-0.25, -0.2) is 9.78 Å². The Morgan fingerprint density at radius 3 is 2.81 bits per heavy atom. The summed E-state index contributed by atoms with van der Waals surface area (Å²) in [6, 6.07) is 6.81. The number of hydrogen-bond donors (Lipinski definition) is 0. The summed E-state index contributed by atoms with van der Waals surface area (Å²) in [5.41, 5.74) is 1.59. The minimum atomic E-state index is -0.715. The molecule has 0 spiro atoms. The van der Waals surface area contributed by atoms with Crippen LogP contribution >= 0.6 is 11.3 Å². The first-order valence-electron chi connectivity index (χ1n) is 13.0. The number of methoxy groups -OCH3 is 1. The third-order valence-corrected chi connectivity index (χ3v) is 8.45. The minimum absolute atomic E-state index is 0.0254. The number of amides is 1. The molecule has 3 heterocycles. The smallest absolute Gasteiger partial charge is 0.350 e. The van der Waals surface area contributed by atoms with Crippen molar-refractivity contribution in [1.82, 2.24) is 4.98 Å². The number of thiazole rings is 1. The number of ketones is 1. The Kier molecular flexibility index (Phi) is 7.33. The van der Waals surface area contributed by atoms with Gasteiger partial charge in [-0.2, -0.15) is 0 Å². The van der Waals surface area contributed by atoms with Crippen LogP contribution in [0.25, 0.3) is 0 Å². The zero-order valence-electron chi connectivity index (χ0n) is 21.5. The van der Waals surface area contributed by atoms with Crippen molar-refractivity contribution in [1.29, 1.82) is 0 Å². The van der Waals surface area contributed by atoms with E-state index in [0.717, 1.165) is 61.8 Å². The van der Waals surface area contributed by atoms with Crippen molar-refractivity contribution in [3.05, 3.63) is 51.7 Å². The van der Waals surface area contributed by atoms with Gasteiger partial charge < -0.3 is 14.2 Å². The van der Waals surface area contributed by atoms with E-state index in [0.29, 0.717) is 33.6 Å². The van der Waals surface area contributed by atoms with Crippen molar-refractivity contribution in [2.75, 3.05) is 18.6 Å². The van der Waals surface area contributed by atoms with Crippen LogP contribution in [-0.4, -0.2) is 42.5 Å². The number of ether oxygens (including phenoxy) is 3. The van der Waals surface area contributed by atoms with E-state index in [9.17, 15) is 14.4 Å². The first-order valence-corrected chi connectivity index (χ1v) is 13.8. The van der Waals surface area contributed by atoms with Crippen LogP contribution in [0.2, 0.25) is 0 Å². The maximum absolute atomic E-state index is 13.9. The number of carbonyl (C=O) groups excluding carboxylic acids is 3. The van der Waals surface area contributed by atoms with Gasteiger partial charge in [0.1, 0.15) is 16.7 Å². The molecule has 3 aliphatic rings. The normalized spacial score (nSPS) is 23.0. The van der Waals surface area contributed by atoms with E-state index < -0.39 is 17.9 Å². The fourth-order valence-corrected chi connectivity index (χ4v) is 6.45. The zero-order chi connectivity index (χ0) is 26.1. The van der Waals surface area contributed by atoms with Gasteiger partial charge in [0.05, 0.1) is 36.9 Å². The van der Waals surface area contributed by atoms with Crippen LogP contribution in [0.1, 0.15) is 78.8 Å². The van der Waals surface area contributed by atoms with E-state index >= 15 is 0 Å². The molecule has 0 saturated heterocycles. The SMILES string of the molecule is CCCCCOc1cccc(C2C3=C(OC4CCCCC4C3=O)C(=O)N2c2nc(C)c(C(=O)OC)s2)c1. The van der Waals surface area contributed by atoms with Crippen LogP contribution in [0.4, 0.5) is 5.13 Å². The number of hydrogen-bond acceptors (Lipinski definition) is 8. The van der Waals surface area contributed by atoms with Crippen LogP contribution in [0.15, 0.2) is 35.6 Å². The molecule has 2 aliphatic heterocycles. The molecule has 9 heteroatoms. The Balaban J connectivity index is 1.57. The summed E-state index contributed by atoms with van der Waals surface area (Å²) in [6.07, 6.45) is 6.32. The molecule has 8 nitrogen and oxygen atoms in total. The number of aryl methyl sites for hydroxylation is 1. The summed E-state index contributed by atoms with van der Waals surface area (Å²) in [6.45, 7) is 4.44. The van der Waals surface area contributed by atoms with Crippen LogP contribution in [0.5, 0.6) is 5.75 Å². The first kappa shape index (κ1) is 25.4. The molecule has 3 atom stereocenters. The lowest BCUT2D eigenvalue weighted by molar-refractivity contribution is -0.131. The molecule has 0 radical (unpaired) electrons. The second-order valence-corrected chi connectivity index (χ2v) is 10.7. The molecule has 3 unspecified atom stereocenters. The van der Waals surface area contributed by atoms with E-state index in [4.69, 9.17) is 14.2 Å². The summed E-state index contributed by atoms with van der Waals surface area (Å²) in [5, 5.41) is 0.330. The number of nitrogens with zero attached hydrogens (tertiary/aromatic N) is 2.